The second-order valence-electron chi connectivity index (χ2n) is 7.26. The summed E-state index contributed by atoms with van der Waals surface area (Å²) in [5.41, 5.74) is 0.882. The third kappa shape index (κ3) is 5.01. The minimum absolute atomic E-state index is 0. The van der Waals surface area contributed by atoms with Gasteiger partial charge < -0.3 is 9.64 Å². The Morgan fingerprint density at radius 3 is 2.48 bits per heavy atom. The molecule has 1 fully saturated rings. The molecule has 3 aromatic rings. The Kier molecular flexibility index (Phi) is 6.99. The molecule has 6 heteroatoms. The summed E-state index contributed by atoms with van der Waals surface area (Å²) in [6.07, 6.45) is 2.99. The summed E-state index contributed by atoms with van der Waals surface area (Å²) < 4.78 is 18.6. The van der Waals surface area contributed by atoms with Gasteiger partial charge in [-0.1, -0.05) is 25.6 Å². The molecule has 1 saturated heterocycles. The summed E-state index contributed by atoms with van der Waals surface area (Å²) >= 11 is 0. The van der Waals surface area contributed by atoms with Crippen LogP contribution < -0.4 is 10.3 Å². The van der Waals surface area contributed by atoms with E-state index in [0.717, 1.165) is 50.0 Å². The lowest BCUT2D eigenvalue weighted by Gasteiger charge is -2.31. The Balaban J connectivity index is 0.00000240. The minimum Gasteiger partial charge on any atom is -0.494 e. The molecule has 0 amide bonds. The number of piperidine rings is 1. The summed E-state index contributed by atoms with van der Waals surface area (Å²) in [4.78, 5) is 14.4. The van der Waals surface area contributed by atoms with E-state index >= 15 is 0 Å². The molecule has 4 rings (SSSR count). The maximum Gasteiger partial charge on any atom is 0.272 e. The molecule has 154 valence electrons. The minimum atomic E-state index is -0.250. The van der Waals surface area contributed by atoms with E-state index in [2.05, 4.69) is 15.1 Å². The third-order valence-electron chi connectivity index (χ3n) is 5.40. The van der Waals surface area contributed by atoms with E-state index in [1.54, 1.807) is 12.1 Å². The van der Waals surface area contributed by atoms with Crippen LogP contribution in [0.1, 0.15) is 38.3 Å². The number of benzene rings is 2. The summed E-state index contributed by atoms with van der Waals surface area (Å²) in [6.45, 7) is 3.62. The average Bonchev–Trinajstić information content (AvgIpc) is 2.74. The molecule has 1 N–H and O–H groups in total. The number of H-pyrrole nitrogens is 1. The molecule has 0 aliphatic carbocycles. The number of halogens is 1. The SMILES string of the molecule is C.O=c1[nH]nc(C2CCN(CCCOc3ccc(F)cc3)CC2)c2ccccc12. The van der Waals surface area contributed by atoms with Gasteiger partial charge in [0.05, 0.1) is 17.7 Å². The van der Waals surface area contributed by atoms with Gasteiger partial charge in [-0.05, 0) is 62.7 Å². The summed E-state index contributed by atoms with van der Waals surface area (Å²) in [5, 5.41) is 8.71. The first kappa shape index (κ1) is 21.0. The lowest BCUT2D eigenvalue weighted by Crippen LogP contribution is -2.34. The van der Waals surface area contributed by atoms with E-state index in [0.29, 0.717) is 23.7 Å². The summed E-state index contributed by atoms with van der Waals surface area (Å²) in [7, 11) is 0. The van der Waals surface area contributed by atoms with Crippen molar-refractivity contribution in [2.24, 2.45) is 0 Å². The number of ether oxygens (including phenoxy) is 1. The van der Waals surface area contributed by atoms with Crippen LogP contribution in [-0.2, 0) is 0 Å². The number of fused-ring (bicyclic) bond motifs is 1. The van der Waals surface area contributed by atoms with Crippen LogP contribution in [0.2, 0.25) is 0 Å². The standard InChI is InChI=1S/C22H24FN3O2.CH4/c23-17-6-8-18(9-7-17)28-15-3-12-26-13-10-16(11-14-26)21-19-4-1-2-5-20(19)22(27)25-24-21;/h1-2,4-9,16H,3,10-15H2,(H,25,27);1H4. The van der Waals surface area contributed by atoms with Crippen LogP contribution in [0.15, 0.2) is 53.3 Å². The zero-order valence-corrected chi connectivity index (χ0v) is 15.7. The van der Waals surface area contributed by atoms with Crippen molar-refractivity contribution in [1.29, 1.82) is 0 Å². The van der Waals surface area contributed by atoms with Crippen molar-refractivity contribution in [3.63, 3.8) is 0 Å². The second kappa shape index (κ2) is 9.65. The quantitative estimate of drug-likeness (QED) is 0.629. The Hall–Kier alpha value is -2.73. The fraction of sp³-hybridized carbons (Fsp3) is 0.391. The molecule has 1 aromatic heterocycles. The highest BCUT2D eigenvalue weighted by molar-refractivity contribution is 5.83. The number of hydrogen-bond acceptors (Lipinski definition) is 4. The molecular formula is C23H28FN3O2. The van der Waals surface area contributed by atoms with Crippen LogP contribution in [-0.4, -0.2) is 41.3 Å². The van der Waals surface area contributed by atoms with Gasteiger partial charge in [0, 0.05) is 17.8 Å². The van der Waals surface area contributed by atoms with Crippen molar-refractivity contribution in [3.8, 4) is 5.75 Å². The van der Waals surface area contributed by atoms with E-state index in [9.17, 15) is 9.18 Å². The molecule has 0 spiro atoms. The Labute approximate surface area is 170 Å². The van der Waals surface area contributed by atoms with Gasteiger partial charge in [-0.3, -0.25) is 4.79 Å². The molecule has 29 heavy (non-hydrogen) atoms. The van der Waals surface area contributed by atoms with Crippen molar-refractivity contribution in [2.75, 3.05) is 26.2 Å². The summed E-state index contributed by atoms with van der Waals surface area (Å²) in [6, 6.07) is 13.8. The van der Waals surface area contributed by atoms with Crippen LogP contribution in [0.25, 0.3) is 10.8 Å². The highest BCUT2D eigenvalue weighted by Gasteiger charge is 2.23. The van der Waals surface area contributed by atoms with Crippen molar-refractivity contribution in [3.05, 3.63) is 70.4 Å². The van der Waals surface area contributed by atoms with Crippen molar-refractivity contribution in [1.82, 2.24) is 15.1 Å². The fourth-order valence-electron chi connectivity index (χ4n) is 3.89. The average molecular weight is 397 g/mol. The Morgan fingerprint density at radius 2 is 1.76 bits per heavy atom. The number of hydrogen-bond donors (Lipinski definition) is 1. The molecule has 1 aliphatic heterocycles. The lowest BCUT2D eigenvalue weighted by molar-refractivity contribution is 0.192. The summed E-state index contributed by atoms with van der Waals surface area (Å²) in [5.74, 6) is 0.824. The smallest absolute Gasteiger partial charge is 0.272 e. The van der Waals surface area contributed by atoms with Gasteiger partial charge in [-0.2, -0.15) is 5.10 Å². The third-order valence-corrected chi connectivity index (χ3v) is 5.40. The van der Waals surface area contributed by atoms with E-state index in [1.165, 1.54) is 12.1 Å². The largest absolute Gasteiger partial charge is 0.494 e. The predicted octanol–water partition coefficient (Wildman–Crippen LogP) is 4.35. The zero-order chi connectivity index (χ0) is 19.3. The highest BCUT2D eigenvalue weighted by Crippen LogP contribution is 2.30. The number of nitrogens with one attached hydrogen (secondary N) is 1. The Morgan fingerprint density at radius 1 is 1.07 bits per heavy atom. The van der Waals surface area contributed by atoms with Gasteiger partial charge in [0.15, 0.2) is 0 Å². The van der Waals surface area contributed by atoms with Gasteiger partial charge in [-0.15, -0.1) is 0 Å². The monoisotopic (exact) mass is 397 g/mol. The van der Waals surface area contributed by atoms with E-state index in [1.807, 2.05) is 24.3 Å². The van der Waals surface area contributed by atoms with Gasteiger partial charge in [0.2, 0.25) is 0 Å². The number of rotatable bonds is 6. The number of likely N-dealkylation sites (tertiary alicyclic amines) is 1. The highest BCUT2D eigenvalue weighted by atomic mass is 19.1. The first-order valence-corrected chi connectivity index (χ1v) is 9.79. The van der Waals surface area contributed by atoms with Crippen molar-refractivity contribution < 1.29 is 9.13 Å². The topological polar surface area (TPSA) is 58.2 Å². The van der Waals surface area contributed by atoms with Gasteiger partial charge >= 0.3 is 0 Å². The fourth-order valence-corrected chi connectivity index (χ4v) is 3.89. The lowest BCUT2D eigenvalue weighted by atomic mass is 9.90. The molecule has 0 atom stereocenters. The maximum absolute atomic E-state index is 12.9. The first-order chi connectivity index (χ1) is 13.7. The van der Waals surface area contributed by atoms with Crippen LogP contribution in [0.3, 0.4) is 0 Å². The van der Waals surface area contributed by atoms with Crippen LogP contribution in [0.4, 0.5) is 4.39 Å². The molecule has 2 heterocycles. The second-order valence-corrected chi connectivity index (χ2v) is 7.26. The van der Waals surface area contributed by atoms with E-state index < -0.39 is 0 Å². The molecule has 0 saturated carbocycles. The number of aromatic amines is 1. The zero-order valence-electron chi connectivity index (χ0n) is 15.7. The first-order valence-electron chi connectivity index (χ1n) is 9.79. The van der Waals surface area contributed by atoms with Crippen molar-refractivity contribution in [2.45, 2.75) is 32.6 Å². The predicted molar refractivity (Wildman–Crippen MR) is 114 cm³/mol. The Bertz CT molecular complexity index is 979. The van der Waals surface area contributed by atoms with E-state index in [4.69, 9.17) is 4.74 Å². The number of aromatic nitrogens is 2. The molecule has 0 radical (unpaired) electrons. The maximum atomic E-state index is 12.9. The molecular weight excluding hydrogens is 369 g/mol. The van der Waals surface area contributed by atoms with Crippen LogP contribution in [0, 0.1) is 5.82 Å². The molecule has 5 nitrogen and oxygen atoms in total. The van der Waals surface area contributed by atoms with E-state index in [-0.39, 0.29) is 18.8 Å². The number of nitrogens with zero attached hydrogens (tertiary/aromatic N) is 2. The molecule has 0 bridgehead atoms. The van der Waals surface area contributed by atoms with Crippen LogP contribution in [0.5, 0.6) is 5.75 Å². The molecule has 1 aliphatic rings. The molecule has 0 unspecified atom stereocenters. The van der Waals surface area contributed by atoms with Gasteiger partial charge in [0.25, 0.3) is 5.56 Å². The normalized spacial score (nSPS) is 15.2. The van der Waals surface area contributed by atoms with Gasteiger partial charge in [-0.25, -0.2) is 9.49 Å². The van der Waals surface area contributed by atoms with Crippen LogP contribution >= 0.6 is 0 Å². The molecule has 2 aromatic carbocycles. The van der Waals surface area contributed by atoms with Gasteiger partial charge in [0.1, 0.15) is 11.6 Å². The van der Waals surface area contributed by atoms with Crippen molar-refractivity contribution >= 4 is 10.8 Å².